The van der Waals surface area contributed by atoms with Crippen molar-refractivity contribution in [2.45, 2.75) is 0 Å². The summed E-state index contributed by atoms with van der Waals surface area (Å²) in [6, 6.07) is 4.33. The van der Waals surface area contributed by atoms with E-state index < -0.39 is 4.92 Å². The molecule has 1 rings (SSSR count). The average molecular weight is 207 g/mol. The molecule has 0 atom stereocenters. The van der Waals surface area contributed by atoms with Gasteiger partial charge in [-0.3, -0.25) is 14.9 Å². The molecule has 0 aromatic heterocycles. The maximum Gasteiger partial charge on any atom is 0.276 e. The highest BCUT2D eigenvalue weighted by Gasteiger charge is 2.11. The van der Waals surface area contributed by atoms with E-state index >= 15 is 0 Å². The molecule has 5 heteroatoms. The SMILES string of the molecule is COc1ccc([N+](=O)[O-])c(/C=C/C=O)c1. The quantitative estimate of drug-likeness (QED) is 0.327. The molecule has 0 saturated carbocycles. The topological polar surface area (TPSA) is 69.4 Å². The molecule has 15 heavy (non-hydrogen) atoms. The van der Waals surface area contributed by atoms with Crippen LogP contribution in [-0.2, 0) is 4.79 Å². The van der Waals surface area contributed by atoms with Gasteiger partial charge in [0.25, 0.3) is 5.69 Å². The molecule has 0 radical (unpaired) electrons. The second-order valence-electron chi connectivity index (χ2n) is 2.68. The van der Waals surface area contributed by atoms with E-state index in [0.717, 1.165) is 0 Å². The van der Waals surface area contributed by atoms with Crippen molar-refractivity contribution in [1.82, 2.24) is 0 Å². The van der Waals surface area contributed by atoms with Crippen LogP contribution in [0.5, 0.6) is 5.75 Å². The smallest absolute Gasteiger partial charge is 0.276 e. The summed E-state index contributed by atoms with van der Waals surface area (Å²) in [6.07, 6.45) is 3.12. The van der Waals surface area contributed by atoms with Gasteiger partial charge < -0.3 is 4.74 Å². The fourth-order valence-corrected chi connectivity index (χ4v) is 1.10. The predicted octanol–water partition coefficient (Wildman–Crippen LogP) is 1.82. The first-order valence-electron chi connectivity index (χ1n) is 4.13. The summed E-state index contributed by atoms with van der Waals surface area (Å²) in [5, 5.41) is 10.6. The minimum absolute atomic E-state index is 0.0612. The van der Waals surface area contributed by atoms with E-state index in [1.54, 1.807) is 0 Å². The van der Waals surface area contributed by atoms with Crippen molar-refractivity contribution in [3.05, 3.63) is 40.0 Å². The lowest BCUT2D eigenvalue weighted by atomic mass is 10.1. The van der Waals surface area contributed by atoms with Crippen LogP contribution in [0.2, 0.25) is 0 Å². The lowest BCUT2D eigenvalue weighted by Crippen LogP contribution is -1.92. The van der Waals surface area contributed by atoms with Gasteiger partial charge in [0.2, 0.25) is 0 Å². The minimum Gasteiger partial charge on any atom is -0.497 e. The van der Waals surface area contributed by atoms with Gasteiger partial charge in [-0.15, -0.1) is 0 Å². The number of nitrogens with zero attached hydrogens (tertiary/aromatic N) is 1. The number of hydrogen-bond donors (Lipinski definition) is 0. The molecule has 1 aromatic rings. The normalized spacial score (nSPS) is 10.2. The largest absolute Gasteiger partial charge is 0.497 e. The first-order valence-corrected chi connectivity index (χ1v) is 4.13. The highest BCUT2D eigenvalue weighted by Crippen LogP contribution is 2.24. The Balaban J connectivity index is 3.21. The maximum atomic E-state index is 10.6. The Labute approximate surface area is 86.1 Å². The maximum absolute atomic E-state index is 10.6. The van der Waals surface area contributed by atoms with Gasteiger partial charge in [-0.1, -0.05) is 0 Å². The number of rotatable bonds is 4. The van der Waals surface area contributed by atoms with E-state index in [1.165, 1.54) is 37.5 Å². The first kappa shape index (κ1) is 10.9. The van der Waals surface area contributed by atoms with E-state index in [-0.39, 0.29) is 5.69 Å². The van der Waals surface area contributed by atoms with Gasteiger partial charge in [0.05, 0.1) is 17.6 Å². The number of nitro benzene ring substituents is 1. The number of methoxy groups -OCH3 is 1. The predicted molar refractivity (Wildman–Crippen MR) is 54.7 cm³/mol. The number of carbonyl (C=O) groups excluding carboxylic acids is 1. The summed E-state index contributed by atoms with van der Waals surface area (Å²) in [6.45, 7) is 0. The van der Waals surface area contributed by atoms with Crippen LogP contribution >= 0.6 is 0 Å². The van der Waals surface area contributed by atoms with Crippen LogP contribution in [0.15, 0.2) is 24.3 Å². The minimum atomic E-state index is -0.510. The Bertz CT molecular complexity index is 412. The van der Waals surface area contributed by atoms with E-state index in [0.29, 0.717) is 17.6 Å². The van der Waals surface area contributed by atoms with Gasteiger partial charge >= 0.3 is 0 Å². The highest BCUT2D eigenvalue weighted by molar-refractivity contribution is 5.76. The molecular formula is C10H9NO4. The molecule has 0 bridgehead atoms. The molecule has 0 fully saturated rings. The Hall–Kier alpha value is -2.17. The Morgan fingerprint density at radius 2 is 2.20 bits per heavy atom. The summed E-state index contributed by atoms with van der Waals surface area (Å²) < 4.78 is 4.92. The molecule has 78 valence electrons. The molecule has 0 unspecified atom stereocenters. The summed E-state index contributed by atoms with van der Waals surface area (Å²) in [5.41, 5.74) is 0.278. The molecule has 1 aromatic carbocycles. The fraction of sp³-hybridized carbons (Fsp3) is 0.100. The summed E-state index contributed by atoms with van der Waals surface area (Å²) in [5.74, 6) is 0.506. The van der Waals surface area contributed by atoms with Gasteiger partial charge in [-0.25, -0.2) is 0 Å². The fourth-order valence-electron chi connectivity index (χ4n) is 1.10. The summed E-state index contributed by atoms with van der Waals surface area (Å²) >= 11 is 0. The molecule has 0 aliphatic carbocycles. The monoisotopic (exact) mass is 207 g/mol. The van der Waals surface area contributed by atoms with Crippen LogP contribution in [0.1, 0.15) is 5.56 Å². The second-order valence-corrected chi connectivity index (χ2v) is 2.68. The van der Waals surface area contributed by atoms with Crippen LogP contribution in [0, 0.1) is 10.1 Å². The molecule has 0 N–H and O–H groups in total. The zero-order valence-electron chi connectivity index (χ0n) is 8.04. The van der Waals surface area contributed by atoms with Crippen LogP contribution in [-0.4, -0.2) is 18.3 Å². The van der Waals surface area contributed by atoms with Crippen molar-refractivity contribution >= 4 is 18.0 Å². The second kappa shape index (κ2) is 4.90. The van der Waals surface area contributed by atoms with Crippen molar-refractivity contribution < 1.29 is 14.5 Å². The van der Waals surface area contributed by atoms with Crippen LogP contribution in [0.25, 0.3) is 6.08 Å². The molecule has 0 aliphatic rings. The van der Waals surface area contributed by atoms with Gasteiger partial charge in [-0.2, -0.15) is 0 Å². The number of aldehydes is 1. The lowest BCUT2D eigenvalue weighted by molar-refractivity contribution is -0.385. The average Bonchev–Trinajstić information content (AvgIpc) is 2.25. The third kappa shape index (κ3) is 2.63. The first-order chi connectivity index (χ1) is 7.19. The van der Waals surface area contributed by atoms with Gasteiger partial charge in [0.15, 0.2) is 0 Å². The Morgan fingerprint density at radius 1 is 1.47 bits per heavy atom. The van der Waals surface area contributed by atoms with Crippen LogP contribution in [0.4, 0.5) is 5.69 Å². The molecule has 0 saturated heterocycles. The number of hydrogen-bond acceptors (Lipinski definition) is 4. The molecule has 0 spiro atoms. The molecule has 0 amide bonds. The molecule has 0 aliphatic heterocycles. The van der Waals surface area contributed by atoms with Crippen molar-refractivity contribution in [3.63, 3.8) is 0 Å². The van der Waals surface area contributed by atoms with Crippen molar-refractivity contribution in [1.29, 1.82) is 0 Å². The van der Waals surface area contributed by atoms with Crippen LogP contribution in [0.3, 0.4) is 0 Å². The van der Waals surface area contributed by atoms with Crippen molar-refractivity contribution in [2.75, 3.05) is 7.11 Å². The number of carbonyl (C=O) groups is 1. The van der Waals surface area contributed by atoms with Crippen molar-refractivity contribution in [3.8, 4) is 5.75 Å². The summed E-state index contributed by atoms with van der Waals surface area (Å²) in [7, 11) is 1.47. The Kier molecular flexibility index (Phi) is 3.56. The third-order valence-corrected chi connectivity index (χ3v) is 1.79. The van der Waals surface area contributed by atoms with E-state index in [9.17, 15) is 14.9 Å². The zero-order valence-corrected chi connectivity index (χ0v) is 8.04. The van der Waals surface area contributed by atoms with Gasteiger partial charge in [-0.05, 0) is 24.3 Å². The zero-order chi connectivity index (χ0) is 11.3. The van der Waals surface area contributed by atoms with Crippen LogP contribution < -0.4 is 4.74 Å². The number of nitro groups is 1. The third-order valence-electron chi connectivity index (χ3n) is 1.79. The number of ether oxygens (including phenoxy) is 1. The van der Waals surface area contributed by atoms with E-state index in [2.05, 4.69) is 0 Å². The molecular weight excluding hydrogens is 198 g/mol. The van der Waals surface area contributed by atoms with Gasteiger partial charge in [0, 0.05) is 6.07 Å². The van der Waals surface area contributed by atoms with E-state index in [1.807, 2.05) is 0 Å². The van der Waals surface area contributed by atoms with Crippen molar-refractivity contribution in [2.24, 2.45) is 0 Å². The number of allylic oxidation sites excluding steroid dienone is 1. The standard InChI is InChI=1S/C10H9NO4/c1-15-9-4-5-10(11(13)14)8(7-9)3-2-6-12/h2-7H,1H3/b3-2+. The molecule has 0 heterocycles. The Morgan fingerprint density at radius 3 is 2.73 bits per heavy atom. The van der Waals surface area contributed by atoms with Gasteiger partial charge in [0.1, 0.15) is 12.0 Å². The summed E-state index contributed by atoms with van der Waals surface area (Å²) in [4.78, 5) is 20.2. The lowest BCUT2D eigenvalue weighted by Gasteiger charge is -2.01. The van der Waals surface area contributed by atoms with E-state index in [4.69, 9.17) is 4.74 Å². The highest BCUT2D eigenvalue weighted by atomic mass is 16.6. The number of benzene rings is 1. The molecule has 5 nitrogen and oxygen atoms in total.